The van der Waals surface area contributed by atoms with Crippen LogP contribution in [0.4, 0.5) is 0 Å². The van der Waals surface area contributed by atoms with Crippen LogP contribution in [-0.4, -0.2) is 25.5 Å². The molecule has 1 unspecified atom stereocenters. The van der Waals surface area contributed by atoms with E-state index in [9.17, 15) is 4.79 Å². The molecule has 0 aliphatic carbocycles. The molecule has 0 amide bonds. The number of rotatable bonds is 9. The molecule has 6 heteroatoms. The molecule has 0 aliphatic rings. The lowest BCUT2D eigenvalue weighted by molar-refractivity contribution is -0.134. The van der Waals surface area contributed by atoms with Gasteiger partial charge in [-0.15, -0.1) is 0 Å². The Labute approximate surface area is 124 Å². The molecule has 0 aromatic heterocycles. The molecule has 0 spiro atoms. The van der Waals surface area contributed by atoms with Gasteiger partial charge in [-0.3, -0.25) is 4.79 Å². The van der Waals surface area contributed by atoms with E-state index in [1.54, 1.807) is 7.11 Å². The molecular formula is C15H21N3O3. The standard InChI is InChI=1S/C15H21N3O3/c1-11(2)15(19)14(8-9-17-18-16)21-10-12-4-6-13(20-3)7-5-12/h4-7,11,14H,8-10H2,1-3H3. The van der Waals surface area contributed by atoms with Gasteiger partial charge in [0.25, 0.3) is 0 Å². The minimum absolute atomic E-state index is 0.0247. The molecule has 0 bridgehead atoms. The van der Waals surface area contributed by atoms with Crippen molar-refractivity contribution >= 4 is 5.78 Å². The number of carbonyl (C=O) groups excluding carboxylic acids is 1. The fourth-order valence-electron chi connectivity index (χ4n) is 1.82. The van der Waals surface area contributed by atoms with E-state index in [1.165, 1.54) is 0 Å². The van der Waals surface area contributed by atoms with Crippen LogP contribution >= 0.6 is 0 Å². The summed E-state index contributed by atoms with van der Waals surface area (Å²) in [6.45, 7) is 4.25. The SMILES string of the molecule is COc1ccc(COC(CCN=[N+]=[N-])C(=O)C(C)C)cc1. The molecule has 6 nitrogen and oxygen atoms in total. The summed E-state index contributed by atoms with van der Waals surface area (Å²) in [6.07, 6.45) is -0.144. The molecule has 1 rings (SSSR count). The van der Waals surface area contributed by atoms with E-state index in [0.29, 0.717) is 13.0 Å². The summed E-state index contributed by atoms with van der Waals surface area (Å²) >= 11 is 0. The van der Waals surface area contributed by atoms with Crippen LogP contribution in [0.2, 0.25) is 0 Å². The summed E-state index contributed by atoms with van der Waals surface area (Å²) in [5.74, 6) is 0.686. The maximum absolute atomic E-state index is 12.1. The van der Waals surface area contributed by atoms with Crippen LogP contribution < -0.4 is 4.74 Å². The summed E-state index contributed by atoms with van der Waals surface area (Å²) in [4.78, 5) is 14.8. The summed E-state index contributed by atoms with van der Waals surface area (Å²) in [5, 5.41) is 3.46. The average Bonchev–Trinajstić information content (AvgIpc) is 2.50. The molecule has 0 fully saturated rings. The predicted molar refractivity (Wildman–Crippen MR) is 80.0 cm³/mol. The fraction of sp³-hybridized carbons (Fsp3) is 0.533. The maximum Gasteiger partial charge on any atom is 0.164 e. The van der Waals surface area contributed by atoms with E-state index in [4.69, 9.17) is 15.0 Å². The molecule has 0 heterocycles. The van der Waals surface area contributed by atoms with Crippen molar-refractivity contribution in [3.63, 3.8) is 0 Å². The van der Waals surface area contributed by atoms with Crippen LogP contribution in [0.5, 0.6) is 5.75 Å². The first-order chi connectivity index (χ1) is 10.1. The Balaban J connectivity index is 2.62. The van der Waals surface area contributed by atoms with Gasteiger partial charge < -0.3 is 9.47 Å². The van der Waals surface area contributed by atoms with Crippen molar-refractivity contribution < 1.29 is 14.3 Å². The van der Waals surface area contributed by atoms with Crippen LogP contribution in [-0.2, 0) is 16.1 Å². The molecule has 0 saturated heterocycles. The molecule has 114 valence electrons. The van der Waals surface area contributed by atoms with Crippen molar-refractivity contribution in [3.05, 3.63) is 40.3 Å². The number of azide groups is 1. The zero-order chi connectivity index (χ0) is 15.7. The number of carbonyl (C=O) groups is 1. The predicted octanol–water partition coefficient (Wildman–Crippen LogP) is 3.51. The number of methoxy groups -OCH3 is 1. The van der Waals surface area contributed by atoms with Gasteiger partial charge in [0.15, 0.2) is 5.78 Å². The number of ketones is 1. The fourth-order valence-corrected chi connectivity index (χ4v) is 1.82. The molecule has 0 aliphatic heterocycles. The van der Waals surface area contributed by atoms with Crippen molar-refractivity contribution in [2.45, 2.75) is 33.0 Å². The van der Waals surface area contributed by atoms with Crippen molar-refractivity contribution in [2.75, 3.05) is 13.7 Å². The van der Waals surface area contributed by atoms with Gasteiger partial charge in [-0.05, 0) is 29.6 Å². The third-order valence-corrected chi connectivity index (χ3v) is 3.05. The zero-order valence-electron chi connectivity index (χ0n) is 12.7. The number of Topliss-reactive ketones (excluding diaryl/α,β-unsaturated/α-hetero) is 1. The van der Waals surface area contributed by atoms with Gasteiger partial charge in [0.2, 0.25) is 0 Å². The highest BCUT2D eigenvalue weighted by Crippen LogP contribution is 2.15. The minimum Gasteiger partial charge on any atom is -0.497 e. The highest BCUT2D eigenvalue weighted by Gasteiger charge is 2.21. The topological polar surface area (TPSA) is 84.3 Å². The van der Waals surface area contributed by atoms with Crippen molar-refractivity contribution in [1.82, 2.24) is 0 Å². The molecule has 21 heavy (non-hydrogen) atoms. The average molecular weight is 291 g/mol. The number of ether oxygens (including phenoxy) is 2. The van der Waals surface area contributed by atoms with Gasteiger partial charge in [-0.25, -0.2) is 0 Å². The van der Waals surface area contributed by atoms with E-state index < -0.39 is 6.10 Å². The molecule has 0 radical (unpaired) electrons. The Morgan fingerprint density at radius 3 is 2.52 bits per heavy atom. The molecule has 1 atom stereocenters. The lowest BCUT2D eigenvalue weighted by atomic mass is 10.0. The third-order valence-electron chi connectivity index (χ3n) is 3.05. The lowest BCUT2D eigenvalue weighted by Crippen LogP contribution is -2.29. The van der Waals surface area contributed by atoms with Gasteiger partial charge >= 0.3 is 0 Å². The second-order valence-corrected chi connectivity index (χ2v) is 4.95. The van der Waals surface area contributed by atoms with Gasteiger partial charge in [0, 0.05) is 17.4 Å². The Kier molecular flexibility index (Phi) is 7.29. The molecule has 0 N–H and O–H groups in total. The molecule has 0 saturated carbocycles. The Morgan fingerprint density at radius 2 is 2.00 bits per heavy atom. The van der Waals surface area contributed by atoms with Crippen LogP contribution in [0, 0.1) is 5.92 Å². The normalized spacial score (nSPS) is 11.8. The quantitative estimate of drug-likeness (QED) is 0.396. The first-order valence-electron chi connectivity index (χ1n) is 6.87. The van der Waals surface area contributed by atoms with E-state index in [1.807, 2.05) is 38.1 Å². The highest BCUT2D eigenvalue weighted by atomic mass is 16.5. The van der Waals surface area contributed by atoms with E-state index >= 15 is 0 Å². The second-order valence-electron chi connectivity index (χ2n) is 4.95. The summed E-state index contributed by atoms with van der Waals surface area (Å²) < 4.78 is 10.8. The second kappa shape index (κ2) is 9.00. The number of hydrogen-bond acceptors (Lipinski definition) is 4. The van der Waals surface area contributed by atoms with Crippen LogP contribution in [0.25, 0.3) is 10.4 Å². The monoisotopic (exact) mass is 291 g/mol. The smallest absolute Gasteiger partial charge is 0.164 e. The molecular weight excluding hydrogens is 270 g/mol. The van der Waals surface area contributed by atoms with E-state index in [0.717, 1.165) is 11.3 Å². The van der Waals surface area contributed by atoms with E-state index in [2.05, 4.69) is 10.0 Å². The number of benzene rings is 1. The van der Waals surface area contributed by atoms with Crippen LogP contribution in [0.3, 0.4) is 0 Å². The molecule has 1 aromatic carbocycles. The van der Waals surface area contributed by atoms with Gasteiger partial charge in [0.05, 0.1) is 13.7 Å². The van der Waals surface area contributed by atoms with Crippen LogP contribution in [0.1, 0.15) is 25.8 Å². The Bertz CT molecular complexity index is 493. The lowest BCUT2D eigenvalue weighted by Gasteiger charge is -2.18. The Hall–Kier alpha value is -2.04. The largest absolute Gasteiger partial charge is 0.497 e. The minimum atomic E-state index is -0.544. The van der Waals surface area contributed by atoms with Crippen molar-refractivity contribution in [1.29, 1.82) is 0 Å². The van der Waals surface area contributed by atoms with Gasteiger partial charge in [-0.2, -0.15) is 0 Å². The summed E-state index contributed by atoms with van der Waals surface area (Å²) in [5.41, 5.74) is 9.26. The number of hydrogen-bond donors (Lipinski definition) is 0. The zero-order valence-corrected chi connectivity index (χ0v) is 12.7. The summed E-state index contributed by atoms with van der Waals surface area (Å²) in [6, 6.07) is 7.47. The van der Waals surface area contributed by atoms with E-state index in [-0.39, 0.29) is 18.2 Å². The first-order valence-corrected chi connectivity index (χ1v) is 6.87. The number of nitrogens with zero attached hydrogens (tertiary/aromatic N) is 3. The Morgan fingerprint density at radius 1 is 1.33 bits per heavy atom. The third kappa shape index (κ3) is 5.85. The summed E-state index contributed by atoms with van der Waals surface area (Å²) in [7, 11) is 1.61. The maximum atomic E-state index is 12.1. The van der Waals surface area contributed by atoms with Gasteiger partial charge in [-0.1, -0.05) is 31.1 Å². The molecule has 1 aromatic rings. The van der Waals surface area contributed by atoms with Gasteiger partial charge in [0.1, 0.15) is 11.9 Å². The van der Waals surface area contributed by atoms with Crippen molar-refractivity contribution in [3.8, 4) is 5.75 Å². The van der Waals surface area contributed by atoms with Crippen molar-refractivity contribution in [2.24, 2.45) is 11.0 Å². The van der Waals surface area contributed by atoms with Crippen LogP contribution in [0.15, 0.2) is 29.4 Å². The first kappa shape index (κ1) is 17.0. The highest BCUT2D eigenvalue weighted by molar-refractivity contribution is 5.84.